The van der Waals surface area contributed by atoms with Gasteiger partial charge >= 0.3 is 12.1 Å². The molecular weight excluding hydrogens is 370 g/mol. The van der Waals surface area contributed by atoms with Gasteiger partial charge in [-0.25, -0.2) is 24.7 Å². The van der Waals surface area contributed by atoms with Gasteiger partial charge in [0.1, 0.15) is 13.2 Å². The van der Waals surface area contributed by atoms with Gasteiger partial charge in [0, 0.05) is 23.3 Å². The van der Waals surface area contributed by atoms with Crippen LogP contribution in [0.4, 0.5) is 4.79 Å². The minimum absolute atomic E-state index is 0.0703. The highest BCUT2D eigenvalue weighted by Gasteiger charge is 2.07. The number of carbonyl (C=O) groups excluding carboxylic acids is 1. The Morgan fingerprint density at radius 1 is 1.11 bits per heavy atom. The van der Waals surface area contributed by atoms with Crippen LogP contribution in [0.15, 0.2) is 46.5 Å². The first-order valence-corrected chi connectivity index (χ1v) is 8.59. The van der Waals surface area contributed by atoms with E-state index in [-0.39, 0.29) is 18.6 Å². The molecule has 0 aromatic carbocycles. The molecule has 3 heterocycles. The number of carbonyl (C=O) groups is 1. The Bertz CT molecular complexity index is 925. The van der Waals surface area contributed by atoms with Crippen molar-refractivity contribution in [2.45, 2.75) is 13.2 Å². The van der Waals surface area contributed by atoms with Crippen LogP contribution in [0.3, 0.4) is 0 Å². The zero-order chi connectivity index (χ0) is 19.1. The van der Waals surface area contributed by atoms with E-state index in [1.165, 1.54) is 11.3 Å². The summed E-state index contributed by atoms with van der Waals surface area (Å²) in [4.78, 5) is 31.4. The number of hydrogen-bond donors (Lipinski definition) is 2. The van der Waals surface area contributed by atoms with Gasteiger partial charge in [-0.2, -0.15) is 0 Å². The molecule has 3 aromatic heterocycles. The minimum Gasteiger partial charge on any atom is -0.457 e. The number of thiazole rings is 1. The van der Waals surface area contributed by atoms with Crippen LogP contribution in [0.1, 0.15) is 11.4 Å². The van der Waals surface area contributed by atoms with Crippen molar-refractivity contribution in [1.82, 2.24) is 19.9 Å². The number of rotatable bonds is 6. The van der Waals surface area contributed by atoms with Crippen LogP contribution in [0.5, 0.6) is 6.01 Å². The molecule has 11 heteroatoms. The molecule has 0 aliphatic carbocycles. The molecule has 1 amide bonds. The van der Waals surface area contributed by atoms with Crippen molar-refractivity contribution < 1.29 is 14.3 Å². The van der Waals surface area contributed by atoms with Crippen molar-refractivity contribution in [3.05, 3.63) is 52.9 Å². The van der Waals surface area contributed by atoms with Crippen molar-refractivity contribution in [2.24, 2.45) is 16.5 Å². The van der Waals surface area contributed by atoms with Gasteiger partial charge in [-0.15, -0.1) is 16.3 Å². The molecule has 0 saturated carbocycles. The fraction of sp³-hybridized carbons (Fsp3) is 0.125. The Labute approximate surface area is 157 Å². The topological polar surface area (TPSA) is 151 Å². The normalized spacial score (nSPS) is 10.2. The lowest BCUT2D eigenvalue weighted by Crippen LogP contribution is -2.24. The summed E-state index contributed by atoms with van der Waals surface area (Å²) in [5, 5.41) is 1.89. The van der Waals surface area contributed by atoms with Gasteiger partial charge in [0.25, 0.3) is 0 Å². The number of amides is 1. The third-order valence-corrected chi connectivity index (χ3v) is 3.76. The van der Waals surface area contributed by atoms with Crippen LogP contribution < -0.4 is 16.2 Å². The van der Waals surface area contributed by atoms with Crippen molar-refractivity contribution in [3.63, 3.8) is 0 Å². The van der Waals surface area contributed by atoms with Gasteiger partial charge in [-0.1, -0.05) is 6.07 Å². The Balaban J connectivity index is 1.62. The van der Waals surface area contributed by atoms with E-state index in [1.807, 2.05) is 5.38 Å². The summed E-state index contributed by atoms with van der Waals surface area (Å²) >= 11 is 1.49. The fourth-order valence-corrected chi connectivity index (χ4v) is 2.51. The number of guanidine groups is 1. The number of nitrogens with zero attached hydrogens (tertiary/aromatic N) is 5. The number of aliphatic imine (C=N–C) groups is 1. The Kier molecular flexibility index (Phi) is 5.84. The van der Waals surface area contributed by atoms with Crippen LogP contribution in [0.2, 0.25) is 0 Å². The number of pyridine rings is 1. The number of ether oxygens (including phenoxy) is 2. The zero-order valence-corrected chi connectivity index (χ0v) is 14.8. The third-order valence-electron chi connectivity index (χ3n) is 3.13. The van der Waals surface area contributed by atoms with Gasteiger partial charge in [0.15, 0.2) is 5.96 Å². The Hall–Kier alpha value is -3.60. The van der Waals surface area contributed by atoms with Crippen molar-refractivity contribution in [1.29, 1.82) is 0 Å². The average molecular weight is 385 g/mol. The van der Waals surface area contributed by atoms with Crippen LogP contribution in [0.25, 0.3) is 11.3 Å². The first-order chi connectivity index (χ1) is 13.1. The van der Waals surface area contributed by atoms with Gasteiger partial charge in [-0.05, 0) is 12.1 Å². The smallest absolute Gasteiger partial charge is 0.437 e. The van der Waals surface area contributed by atoms with Gasteiger partial charge in [0.2, 0.25) is 0 Å². The summed E-state index contributed by atoms with van der Waals surface area (Å²) in [6.07, 6.45) is 2.31. The fourth-order valence-electron chi connectivity index (χ4n) is 1.96. The maximum absolute atomic E-state index is 11.3. The second kappa shape index (κ2) is 8.67. The molecule has 0 aliphatic heterocycles. The summed E-state index contributed by atoms with van der Waals surface area (Å²) in [5.74, 6) is -0.365. The Morgan fingerprint density at radius 3 is 2.63 bits per heavy atom. The molecule has 138 valence electrons. The molecule has 3 rings (SSSR count). The molecule has 3 aromatic rings. The third kappa shape index (κ3) is 5.44. The van der Waals surface area contributed by atoms with Crippen LogP contribution in [-0.4, -0.2) is 32.0 Å². The predicted molar refractivity (Wildman–Crippen MR) is 97.7 cm³/mol. The highest BCUT2D eigenvalue weighted by Crippen LogP contribution is 2.17. The summed E-state index contributed by atoms with van der Waals surface area (Å²) in [6, 6.07) is 5.52. The van der Waals surface area contributed by atoms with E-state index in [9.17, 15) is 4.79 Å². The SMILES string of the molecule is NC(N)=NC(=O)OCc1cccc(-c2cnc(OCc3cscn3)nc2)n1. The molecule has 0 unspecified atom stereocenters. The first-order valence-electron chi connectivity index (χ1n) is 7.65. The van der Waals surface area contributed by atoms with Gasteiger partial charge in [-0.3, -0.25) is 0 Å². The van der Waals surface area contributed by atoms with Crippen LogP contribution in [-0.2, 0) is 18.0 Å². The van der Waals surface area contributed by atoms with Crippen LogP contribution >= 0.6 is 11.3 Å². The van der Waals surface area contributed by atoms with E-state index in [4.69, 9.17) is 20.9 Å². The molecule has 0 aliphatic rings. The second-order valence-corrected chi connectivity index (χ2v) is 5.85. The van der Waals surface area contributed by atoms with Crippen LogP contribution in [0, 0.1) is 0 Å². The molecule has 0 bridgehead atoms. The van der Waals surface area contributed by atoms with E-state index in [0.717, 1.165) is 5.69 Å². The Morgan fingerprint density at radius 2 is 1.93 bits per heavy atom. The molecule has 0 atom stereocenters. The first kappa shape index (κ1) is 18.2. The van der Waals surface area contributed by atoms with E-state index in [2.05, 4.69) is 24.9 Å². The number of nitrogens with two attached hydrogens (primary N) is 2. The van der Waals surface area contributed by atoms with Crippen molar-refractivity contribution >= 4 is 23.4 Å². The maximum atomic E-state index is 11.3. The molecule has 4 N–H and O–H groups in total. The van der Waals surface area contributed by atoms with Crippen molar-refractivity contribution in [3.8, 4) is 17.3 Å². The quantitative estimate of drug-likeness (QED) is 0.474. The molecule has 0 radical (unpaired) electrons. The zero-order valence-electron chi connectivity index (χ0n) is 14.0. The minimum atomic E-state index is -0.882. The molecular formula is C16H15N7O3S. The summed E-state index contributed by atoms with van der Waals surface area (Å²) in [7, 11) is 0. The monoisotopic (exact) mass is 385 g/mol. The lowest BCUT2D eigenvalue weighted by atomic mass is 10.2. The molecule has 0 saturated heterocycles. The summed E-state index contributed by atoms with van der Waals surface area (Å²) < 4.78 is 10.4. The molecule has 10 nitrogen and oxygen atoms in total. The molecule has 0 fully saturated rings. The summed E-state index contributed by atoms with van der Waals surface area (Å²) in [5.41, 5.74) is 14.6. The van der Waals surface area contributed by atoms with E-state index < -0.39 is 6.09 Å². The second-order valence-electron chi connectivity index (χ2n) is 5.13. The molecule has 27 heavy (non-hydrogen) atoms. The van der Waals surface area contributed by atoms with E-state index in [0.29, 0.717) is 23.6 Å². The standard InChI is InChI=1S/C16H15N7O3S/c17-14(18)23-16(24)26-6-11-2-1-3-13(22-11)10-4-19-15(20-5-10)25-7-12-8-27-9-21-12/h1-5,8-9H,6-7H2,(H4,17,18,23,24). The predicted octanol–water partition coefficient (Wildman–Crippen LogP) is 1.48. The largest absolute Gasteiger partial charge is 0.457 e. The number of hydrogen-bond acceptors (Lipinski definition) is 8. The van der Waals surface area contributed by atoms with Gasteiger partial charge in [0.05, 0.1) is 22.6 Å². The lowest BCUT2D eigenvalue weighted by Gasteiger charge is -2.06. The highest BCUT2D eigenvalue weighted by atomic mass is 32.1. The van der Waals surface area contributed by atoms with E-state index in [1.54, 1.807) is 36.1 Å². The highest BCUT2D eigenvalue weighted by molar-refractivity contribution is 7.07. The lowest BCUT2D eigenvalue weighted by molar-refractivity contribution is 0.149. The maximum Gasteiger partial charge on any atom is 0.437 e. The molecule has 0 spiro atoms. The summed E-state index contributed by atoms with van der Waals surface area (Å²) in [6.45, 7) is 0.233. The van der Waals surface area contributed by atoms with Gasteiger partial charge < -0.3 is 20.9 Å². The number of aromatic nitrogens is 4. The van der Waals surface area contributed by atoms with Crippen molar-refractivity contribution in [2.75, 3.05) is 0 Å². The van der Waals surface area contributed by atoms with E-state index >= 15 is 0 Å². The average Bonchev–Trinajstić information content (AvgIpc) is 3.18.